The van der Waals surface area contributed by atoms with Crippen molar-refractivity contribution in [3.05, 3.63) is 59.2 Å². The minimum atomic E-state index is -3.47. The number of hydrogen-bond acceptors (Lipinski definition) is 4. The molecule has 0 bridgehead atoms. The lowest BCUT2D eigenvalue weighted by molar-refractivity contribution is 0.287. The summed E-state index contributed by atoms with van der Waals surface area (Å²) < 4.78 is 38.9. The van der Waals surface area contributed by atoms with Crippen LogP contribution in [0.2, 0.25) is 0 Å². The number of aryl methyl sites for hydroxylation is 1. The predicted molar refractivity (Wildman–Crippen MR) is 104 cm³/mol. The van der Waals surface area contributed by atoms with Gasteiger partial charge in [-0.2, -0.15) is 0 Å². The van der Waals surface area contributed by atoms with E-state index in [1.54, 1.807) is 0 Å². The van der Waals surface area contributed by atoms with Crippen molar-refractivity contribution in [3.8, 4) is 11.5 Å². The molecule has 0 saturated heterocycles. The summed E-state index contributed by atoms with van der Waals surface area (Å²) in [6, 6.07) is 12.6. The third-order valence-electron chi connectivity index (χ3n) is 3.86. The van der Waals surface area contributed by atoms with Crippen LogP contribution in [0.15, 0.2) is 42.5 Å². The molecule has 26 heavy (non-hydrogen) atoms. The van der Waals surface area contributed by atoms with Crippen LogP contribution in [-0.2, 0) is 15.8 Å². The van der Waals surface area contributed by atoms with Crippen LogP contribution in [0.3, 0.4) is 0 Å². The second kappa shape index (κ2) is 9.05. The maximum absolute atomic E-state index is 12.5. The molecular weight excluding hydrogens is 350 g/mol. The van der Waals surface area contributed by atoms with Gasteiger partial charge in [0.1, 0.15) is 0 Å². The van der Waals surface area contributed by atoms with Gasteiger partial charge in [0.25, 0.3) is 0 Å². The van der Waals surface area contributed by atoms with Gasteiger partial charge in [0.15, 0.2) is 11.5 Å². The van der Waals surface area contributed by atoms with Gasteiger partial charge in [0.05, 0.1) is 19.0 Å². The zero-order chi connectivity index (χ0) is 19.2. The molecule has 0 aliphatic carbocycles. The predicted octanol–water partition coefficient (Wildman–Crippen LogP) is 3.97. The quantitative estimate of drug-likeness (QED) is 0.718. The molecule has 2 aromatic carbocycles. The van der Waals surface area contributed by atoms with Crippen LogP contribution in [0.25, 0.3) is 0 Å². The van der Waals surface area contributed by atoms with Crippen molar-refractivity contribution in [2.75, 3.05) is 13.2 Å². The summed E-state index contributed by atoms with van der Waals surface area (Å²) in [7, 11) is -3.47. The lowest BCUT2D eigenvalue weighted by Crippen LogP contribution is -2.28. The van der Waals surface area contributed by atoms with Crippen LogP contribution < -0.4 is 14.2 Å². The maximum Gasteiger partial charge on any atom is 0.216 e. The number of nitrogens with one attached hydrogen (secondary N) is 1. The second-order valence-corrected chi connectivity index (χ2v) is 7.91. The third kappa shape index (κ3) is 5.75. The molecule has 2 rings (SSSR count). The lowest BCUT2D eigenvalue weighted by atomic mass is 10.1. The number of benzene rings is 2. The van der Waals surface area contributed by atoms with Gasteiger partial charge >= 0.3 is 0 Å². The molecule has 0 amide bonds. The van der Waals surface area contributed by atoms with Gasteiger partial charge < -0.3 is 9.47 Å². The molecule has 1 atom stereocenters. The highest BCUT2D eigenvalue weighted by molar-refractivity contribution is 7.88. The largest absolute Gasteiger partial charge is 0.490 e. The number of hydrogen-bond donors (Lipinski definition) is 1. The molecular formula is C20H27NO4S. The molecule has 2 aromatic rings. The molecule has 1 N–H and O–H groups in total. The molecule has 142 valence electrons. The van der Waals surface area contributed by atoms with E-state index in [0.717, 1.165) is 16.7 Å². The van der Waals surface area contributed by atoms with E-state index in [2.05, 4.69) is 4.72 Å². The fraction of sp³-hybridized carbons (Fsp3) is 0.400. The summed E-state index contributed by atoms with van der Waals surface area (Å²) in [6.45, 7) is 8.62. The summed E-state index contributed by atoms with van der Waals surface area (Å²) in [5.74, 6) is 1.23. The topological polar surface area (TPSA) is 64.6 Å². The van der Waals surface area contributed by atoms with E-state index in [1.165, 1.54) is 0 Å². The van der Waals surface area contributed by atoms with E-state index in [-0.39, 0.29) is 11.8 Å². The van der Waals surface area contributed by atoms with E-state index >= 15 is 0 Å². The summed E-state index contributed by atoms with van der Waals surface area (Å²) in [5, 5.41) is 0. The van der Waals surface area contributed by atoms with Gasteiger partial charge in [0.2, 0.25) is 10.0 Å². The summed E-state index contributed by atoms with van der Waals surface area (Å²) >= 11 is 0. The van der Waals surface area contributed by atoms with Crippen molar-refractivity contribution in [3.63, 3.8) is 0 Å². The van der Waals surface area contributed by atoms with Crippen molar-refractivity contribution >= 4 is 10.0 Å². The van der Waals surface area contributed by atoms with Crippen LogP contribution >= 0.6 is 0 Å². The van der Waals surface area contributed by atoms with Crippen molar-refractivity contribution in [1.82, 2.24) is 4.72 Å². The SMILES string of the molecule is CCOc1ccc(C(C)NS(=O)(=O)Cc2cccc(C)c2)cc1OCC. The van der Waals surface area contributed by atoms with Gasteiger partial charge in [-0.25, -0.2) is 13.1 Å². The van der Waals surface area contributed by atoms with Crippen molar-refractivity contribution in [1.29, 1.82) is 0 Å². The van der Waals surface area contributed by atoms with E-state index in [1.807, 2.05) is 70.2 Å². The van der Waals surface area contributed by atoms with Gasteiger partial charge in [0, 0.05) is 6.04 Å². The van der Waals surface area contributed by atoms with Crippen LogP contribution in [0.4, 0.5) is 0 Å². The van der Waals surface area contributed by atoms with E-state index in [0.29, 0.717) is 24.7 Å². The molecule has 0 aromatic heterocycles. The van der Waals surface area contributed by atoms with E-state index < -0.39 is 10.0 Å². The molecule has 0 fully saturated rings. The monoisotopic (exact) mass is 377 g/mol. The zero-order valence-corrected chi connectivity index (χ0v) is 16.6. The Kier molecular flexibility index (Phi) is 7.06. The van der Waals surface area contributed by atoms with Crippen LogP contribution in [0.1, 0.15) is 43.5 Å². The molecule has 0 aliphatic heterocycles. The normalized spacial score (nSPS) is 12.6. The first-order valence-electron chi connectivity index (χ1n) is 8.79. The minimum absolute atomic E-state index is 0.0473. The first-order valence-corrected chi connectivity index (χ1v) is 10.4. The Bertz CT molecular complexity index is 833. The molecule has 0 saturated carbocycles. The summed E-state index contributed by atoms with van der Waals surface area (Å²) in [6.07, 6.45) is 0. The highest BCUT2D eigenvalue weighted by Crippen LogP contribution is 2.31. The standard InChI is InChI=1S/C20H27NO4S/c1-5-24-19-11-10-18(13-20(19)25-6-2)16(4)21-26(22,23)14-17-9-7-8-15(3)12-17/h7-13,16,21H,5-6,14H2,1-4H3. The Morgan fingerprint density at radius 2 is 1.69 bits per heavy atom. The molecule has 1 unspecified atom stereocenters. The van der Waals surface area contributed by atoms with Crippen molar-refractivity contribution in [2.45, 2.75) is 39.5 Å². The number of rotatable bonds is 9. The maximum atomic E-state index is 12.5. The van der Waals surface area contributed by atoms with Crippen molar-refractivity contribution in [2.24, 2.45) is 0 Å². The Hall–Kier alpha value is -2.05. The Labute approximate surface area is 156 Å². The van der Waals surface area contributed by atoms with Crippen LogP contribution in [0, 0.1) is 6.92 Å². The van der Waals surface area contributed by atoms with Gasteiger partial charge in [-0.15, -0.1) is 0 Å². The van der Waals surface area contributed by atoms with Gasteiger partial charge in [-0.3, -0.25) is 0 Å². The highest BCUT2D eigenvalue weighted by Gasteiger charge is 2.18. The first-order chi connectivity index (χ1) is 12.3. The average Bonchev–Trinajstić information content (AvgIpc) is 2.56. The van der Waals surface area contributed by atoms with Crippen LogP contribution in [0.5, 0.6) is 11.5 Å². The molecule has 6 heteroatoms. The smallest absolute Gasteiger partial charge is 0.216 e. The summed E-state index contributed by atoms with van der Waals surface area (Å²) in [4.78, 5) is 0. The number of sulfonamides is 1. The fourth-order valence-electron chi connectivity index (χ4n) is 2.74. The molecule has 5 nitrogen and oxygen atoms in total. The first kappa shape index (κ1) is 20.3. The van der Waals surface area contributed by atoms with Crippen molar-refractivity contribution < 1.29 is 17.9 Å². The highest BCUT2D eigenvalue weighted by atomic mass is 32.2. The molecule has 0 aliphatic rings. The third-order valence-corrected chi connectivity index (χ3v) is 5.29. The Morgan fingerprint density at radius 3 is 2.35 bits per heavy atom. The molecule has 0 spiro atoms. The van der Waals surface area contributed by atoms with Gasteiger partial charge in [-0.1, -0.05) is 35.9 Å². The molecule has 0 heterocycles. The summed E-state index contributed by atoms with van der Waals surface area (Å²) in [5.41, 5.74) is 2.63. The van der Waals surface area contributed by atoms with E-state index in [9.17, 15) is 8.42 Å². The lowest BCUT2D eigenvalue weighted by Gasteiger charge is -2.17. The van der Waals surface area contributed by atoms with Crippen LogP contribution in [-0.4, -0.2) is 21.6 Å². The van der Waals surface area contributed by atoms with Gasteiger partial charge in [-0.05, 0) is 51.0 Å². The Balaban J connectivity index is 2.15. The molecule has 0 radical (unpaired) electrons. The fourth-order valence-corrected chi connectivity index (χ4v) is 4.11. The van der Waals surface area contributed by atoms with E-state index in [4.69, 9.17) is 9.47 Å². The minimum Gasteiger partial charge on any atom is -0.490 e. The second-order valence-electron chi connectivity index (χ2n) is 6.16. The number of ether oxygens (including phenoxy) is 2. The average molecular weight is 378 g/mol. The Morgan fingerprint density at radius 1 is 1.00 bits per heavy atom. The zero-order valence-electron chi connectivity index (χ0n) is 15.8.